The van der Waals surface area contributed by atoms with Crippen LogP contribution in [0.5, 0.6) is 0 Å². The lowest BCUT2D eigenvalue weighted by molar-refractivity contribution is -0.134. The Hall–Kier alpha value is -1.40. The molecule has 1 aromatic heterocycles. The molecule has 1 aliphatic heterocycles. The highest BCUT2D eigenvalue weighted by molar-refractivity contribution is 5.78. The summed E-state index contributed by atoms with van der Waals surface area (Å²) in [6, 6.07) is 0.186. The topological polar surface area (TPSA) is 44.6 Å². The number of hydrogen-bond acceptors (Lipinski definition) is 4. The Morgan fingerprint density at radius 1 is 1.17 bits per heavy atom. The van der Waals surface area contributed by atoms with Gasteiger partial charge in [0.05, 0.1) is 12.2 Å². The van der Waals surface area contributed by atoms with Gasteiger partial charge in [0.25, 0.3) is 0 Å². The second-order valence-corrected chi connectivity index (χ2v) is 7.32. The summed E-state index contributed by atoms with van der Waals surface area (Å²) in [6.07, 6.45) is 1.13. The van der Waals surface area contributed by atoms with Gasteiger partial charge in [0.1, 0.15) is 0 Å². The molecule has 0 saturated carbocycles. The van der Waals surface area contributed by atoms with E-state index in [-0.39, 0.29) is 11.9 Å². The molecule has 24 heavy (non-hydrogen) atoms. The molecule has 2 heterocycles. The number of aromatic nitrogens is 2. The summed E-state index contributed by atoms with van der Waals surface area (Å²) < 4.78 is 1.90. The van der Waals surface area contributed by atoms with Gasteiger partial charge >= 0.3 is 0 Å². The van der Waals surface area contributed by atoms with E-state index in [0.29, 0.717) is 13.1 Å². The highest BCUT2D eigenvalue weighted by atomic mass is 16.2. The number of carbonyl (C=O) groups excluding carboxylic acids is 1. The largest absolute Gasteiger partial charge is 0.335 e. The summed E-state index contributed by atoms with van der Waals surface area (Å²) in [5, 5.41) is 4.48. The third-order valence-electron chi connectivity index (χ3n) is 5.10. The molecule has 0 N–H and O–H groups in total. The molecule has 0 radical (unpaired) electrons. The average molecular weight is 335 g/mol. The molecule has 0 aliphatic carbocycles. The van der Waals surface area contributed by atoms with Crippen molar-refractivity contribution >= 4 is 5.91 Å². The zero-order chi connectivity index (χ0) is 17.9. The van der Waals surface area contributed by atoms with Crippen LogP contribution >= 0.6 is 0 Å². The van der Waals surface area contributed by atoms with E-state index in [1.54, 1.807) is 0 Å². The quantitative estimate of drug-likeness (QED) is 0.816. The second-order valence-electron chi connectivity index (χ2n) is 7.32. The van der Waals surface area contributed by atoms with Crippen molar-refractivity contribution in [2.45, 2.75) is 46.7 Å². The molecule has 1 aliphatic rings. The van der Waals surface area contributed by atoms with E-state index in [1.165, 1.54) is 5.56 Å². The van der Waals surface area contributed by atoms with Crippen LogP contribution < -0.4 is 0 Å². The van der Waals surface area contributed by atoms with Gasteiger partial charge in [0, 0.05) is 44.0 Å². The third kappa shape index (κ3) is 4.57. The minimum atomic E-state index is 0.186. The summed E-state index contributed by atoms with van der Waals surface area (Å²) in [5.41, 5.74) is 3.34. The SMILES string of the molecule is Cc1nn(C)c(C)c1CN(C(=O)CN1CCCN(C)CC1)C(C)C. The van der Waals surface area contributed by atoms with Crippen molar-refractivity contribution in [2.24, 2.45) is 7.05 Å². The molecule has 136 valence electrons. The van der Waals surface area contributed by atoms with Crippen LogP contribution in [0.15, 0.2) is 0 Å². The van der Waals surface area contributed by atoms with E-state index < -0.39 is 0 Å². The van der Waals surface area contributed by atoms with E-state index in [4.69, 9.17) is 0 Å². The van der Waals surface area contributed by atoms with Crippen molar-refractivity contribution in [3.8, 4) is 0 Å². The fourth-order valence-electron chi connectivity index (χ4n) is 3.32. The number of hydrogen-bond donors (Lipinski definition) is 0. The van der Waals surface area contributed by atoms with E-state index >= 15 is 0 Å². The molecular weight excluding hydrogens is 302 g/mol. The Bertz CT molecular complexity index is 566. The summed E-state index contributed by atoms with van der Waals surface area (Å²) in [4.78, 5) is 19.6. The smallest absolute Gasteiger partial charge is 0.237 e. The fraction of sp³-hybridized carbons (Fsp3) is 0.778. The van der Waals surface area contributed by atoms with Crippen molar-refractivity contribution < 1.29 is 4.79 Å². The Morgan fingerprint density at radius 3 is 2.46 bits per heavy atom. The maximum Gasteiger partial charge on any atom is 0.237 e. The van der Waals surface area contributed by atoms with Crippen LogP contribution in [0, 0.1) is 13.8 Å². The van der Waals surface area contributed by atoms with Crippen LogP contribution in [0.2, 0.25) is 0 Å². The molecule has 6 heteroatoms. The molecule has 1 amide bonds. The molecule has 1 saturated heterocycles. The number of aryl methyl sites for hydroxylation is 2. The van der Waals surface area contributed by atoms with Crippen LogP contribution in [0.25, 0.3) is 0 Å². The summed E-state index contributed by atoms with van der Waals surface area (Å²) in [6.45, 7) is 13.6. The van der Waals surface area contributed by atoms with Gasteiger partial charge in [-0.3, -0.25) is 14.4 Å². The minimum Gasteiger partial charge on any atom is -0.335 e. The number of carbonyl (C=O) groups is 1. The van der Waals surface area contributed by atoms with Crippen LogP contribution in [0.4, 0.5) is 0 Å². The predicted octanol–water partition coefficient (Wildman–Crippen LogP) is 1.41. The molecule has 0 bridgehead atoms. The van der Waals surface area contributed by atoms with Gasteiger partial charge in [-0.2, -0.15) is 5.10 Å². The Morgan fingerprint density at radius 2 is 1.88 bits per heavy atom. The van der Waals surface area contributed by atoms with E-state index in [1.807, 2.05) is 23.6 Å². The van der Waals surface area contributed by atoms with Crippen LogP contribution in [0.3, 0.4) is 0 Å². The maximum atomic E-state index is 12.9. The second kappa shape index (κ2) is 8.12. The maximum absolute atomic E-state index is 12.9. The van der Waals surface area contributed by atoms with Gasteiger partial charge < -0.3 is 9.80 Å². The van der Waals surface area contributed by atoms with E-state index in [2.05, 4.69) is 42.7 Å². The summed E-state index contributed by atoms with van der Waals surface area (Å²) >= 11 is 0. The van der Waals surface area contributed by atoms with E-state index in [0.717, 1.165) is 44.0 Å². The molecule has 6 nitrogen and oxygen atoms in total. The molecule has 0 spiro atoms. The first-order valence-electron chi connectivity index (χ1n) is 8.99. The highest BCUT2D eigenvalue weighted by Gasteiger charge is 2.23. The number of nitrogens with zero attached hydrogens (tertiary/aromatic N) is 5. The third-order valence-corrected chi connectivity index (χ3v) is 5.10. The van der Waals surface area contributed by atoms with Crippen LogP contribution in [-0.2, 0) is 18.4 Å². The molecule has 1 aromatic rings. The molecular formula is C18H33N5O. The average Bonchev–Trinajstić information content (AvgIpc) is 2.66. The lowest BCUT2D eigenvalue weighted by Crippen LogP contribution is -2.44. The molecule has 2 rings (SSSR count). The van der Waals surface area contributed by atoms with Crippen molar-refractivity contribution in [1.29, 1.82) is 0 Å². The first-order valence-corrected chi connectivity index (χ1v) is 8.99. The lowest BCUT2D eigenvalue weighted by atomic mass is 10.1. The predicted molar refractivity (Wildman–Crippen MR) is 96.9 cm³/mol. The number of rotatable bonds is 5. The van der Waals surface area contributed by atoms with Gasteiger partial charge in [-0.05, 0) is 54.3 Å². The fourth-order valence-corrected chi connectivity index (χ4v) is 3.32. The molecule has 0 atom stereocenters. The van der Waals surface area contributed by atoms with Crippen molar-refractivity contribution in [3.63, 3.8) is 0 Å². The highest BCUT2D eigenvalue weighted by Crippen LogP contribution is 2.17. The van der Waals surface area contributed by atoms with Crippen LogP contribution in [0.1, 0.15) is 37.2 Å². The first kappa shape index (κ1) is 18.9. The van der Waals surface area contributed by atoms with E-state index in [9.17, 15) is 4.79 Å². The van der Waals surface area contributed by atoms with Crippen molar-refractivity contribution in [3.05, 3.63) is 17.0 Å². The van der Waals surface area contributed by atoms with Crippen molar-refractivity contribution in [2.75, 3.05) is 39.8 Å². The molecule has 0 unspecified atom stereocenters. The van der Waals surface area contributed by atoms with Crippen molar-refractivity contribution in [1.82, 2.24) is 24.5 Å². The number of likely N-dealkylation sites (N-methyl/N-ethyl adjacent to an activating group) is 1. The molecule has 1 fully saturated rings. The normalized spacial score (nSPS) is 17.3. The Labute approximate surface area is 146 Å². The lowest BCUT2D eigenvalue weighted by Gasteiger charge is -2.30. The number of amides is 1. The van der Waals surface area contributed by atoms with Crippen LogP contribution in [-0.4, -0.2) is 76.2 Å². The first-order chi connectivity index (χ1) is 11.3. The van der Waals surface area contributed by atoms with Gasteiger partial charge in [-0.1, -0.05) is 0 Å². The Balaban J connectivity index is 2.05. The monoisotopic (exact) mass is 335 g/mol. The summed E-state index contributed by atoms with van der Waals surface area (Å²) in [5.74, 6) is 0.220. The zero-order valence-corrected chi connectivity index (χ0v) is 16.2. The Kier molecular flexibility index (Phi) is 6.40. The van der Waals surface area contributed by atoms with Gasteiger partial charge in [0.2, 0.25) is 5.91 Å². The molecule has 0 aromatic carbocycles. The van der Waals surface area contributed by atoms with Gasteiger partial charge in [-0.25, -0.2) is 0 Å². The van der Waals surface area contributed by atoms with Gasteiger partial charge in [0.15, 0.2) is 0 Å². The standard InChI is InChI=1S/C18H33N5O/c1-14(2)23(12-17-15(3)19-21(6)16(17)4)18(24)13-22-9-7-8-20(5)10-11-22/h14H,7-13H2,1-6H3. The zero-order valence-electron chi connectivity index (χ0n) is 16.2. The summed E-state index contributed by atoms with van der Waals surface area (Å²) in [7, 11) is 4.11. The minimum absolute atomic E-state index is 0.186. The van der Waals surface area contributed by atoms with Gasteiger partial charge in [-0.15, -0.1) is 0 Å².